The fourth-order valence-electron chi connectivity index (χ4n) is 3.37. The molecule has 188 valence electrons. The van der Waals surface area contributed by atoms with Crippen LogP contribution >= 0.6 is 0 Å². The molecule has 11 heteroatoms. The fraction of sp³-hybridized carbons (Fsp3) is 0.375. The number of benzene rings is 2. The van der Waals surface area contributed by atoms with E-state index in [2.05, 4.69) is 10.6 Å². The zero-order valence-corrected chi connectivity index (χ0v) is 20.7. The summed E-state index contributed by atoms with van der Waals surface area (Å²) in [6.45, 7) is 6.88. The van der Waals surface area contributed by atoms with Crippen molar-refractivity contribution in [3.8, 4) is 11.5 Å². The second-order valence-electron chi connectivity index (χ2n) is 8.98. The molecule has 2 atom stereocenters. The molecule has 1 aliphatic heterocycles. The number of amides is 3. The molecular weight excluding hydrogens is 477 g/mol. The predicted molar refractivity (Wildman–Crippen MR) is 130 cm³/mol. The quantitative estimate of drug-likeness (QED) is 0.570. The van der Waals surface area contributed by atoms with Crippen LogP contribution in [-0.2, 0) is 25.2 Å². The standard InChI is InChI=1S/C24H28FN3O6S/c1-15(23(31)27-24(2,3)4)28(18-8-6-5-7-17(18)25)22(30)13-35(32)12-21(29)26-16-9-10-19-20(11-16)34-14-33-19/h5-11,15H,12-14H2,1-4H3,(H,26,29)(H,27,31)/t15-,35+/m0/s1. The Morgan fingerprint density at radius 2 is 1.77 bits per heavy atom. The van der Waals surface area contributed by atoms with Gasteiger partial charge in [-0.25, -0.2) is 4.39 Å². The minimum atomic E-state index is -1.92. The van der Waals surface area contributed by atoms with Crippen LogP contribution in [0.15, 0.2) is 42.5 Å². The van der Waals surface area contributed by atoms with Crippen molar-refractivity contribution in [3.05, 3.63) is 48.3 Å². The molecule has 1 aliphatic rings. The average Bonchev–Trinajstić information content (AvgIpc) is 3.21. The molecule has 0 aromatic heterocycles. The molecule has 0 saturated carbocycles. The lowest BCUT2D eigenvalue weighted by atomic mass is 10.1. The molecule has 0 bridgehead atoms. The summed E-state index contributed by atoms with van der Waals surface area (Å²) in [6.07, 6.45) is 0. The second kappa shape index (κ2) is 10.9. The summed E-state index contributed by atoms with van der Waals surface area (Å²) >= 11 is 0. The van der Waals surface area contributed by atoms with Gasteiger partial charge < -0.3 is 20.1 Å². The van der Waals surface area contributed by atoms with Crippen molar-refractivity contribution in [1.82, 2.24) is 5.32 Å². The first kappa shape index (κ1) is 26.1. The summed E-state index contributed by atoms with van der Waals surface area (Å²) in [5.41, 5.74) is -0.274. The lowest BCUT2D eigenvalue weighted by molar-refractivity contribution is -0.126. The van der Waals surface area contributed by atoms with Crippen LogP contribution in [0, 0.1) is 5.82 Å². The zero-order valence-electron chi connectivity index (χ0n) is 19.9. The van der Waals surface area contributed by atoms with Gasteiger partial charge in [-0.05, 0) is 52.0 Å². The fourth-order valence-corrected chi connectivity index (χ4v) is 4.25. The number of para-hydroxylation sites is 1. The van der Waals surface area contributed by atoms with E-state index in [-0.39, 0.29) is 12.5 Å². The smallest absolute Gasteiger partial charge is 0.243 e. The van der Waals surface area contributed by atoms with E-state index in [1.807, 2.05) is 0 Å². The molecule has 2 aromatic rings. The predicted octanol–water partition coefficient (Wildman–Crippen LogP) is 2.58. The van der Waals surface area contributed by atoms with E-state index in [0.717, 1.165) is 4.90 Å². The van der Waals surface area contributed by atoms with Crippen LogP contribution in [0.5, 0.6) is 11.5 Å². The van der Waals surface area contributed by atoms with Crippen molar-refractivity contribution < 1.29 is 32.5 Å². The van der Waals surface area contributed by atoms with Gasteiger partial charge in [0.1, 0.15) is 23.4 Å². The Kier molecular flexibility index (Phi) is 8.11. The molecule has 1 heterocycles. The van der Waals surface area contributed by atoms with Crippen LogP contribution < -0.4 is 25.0 Å². The largest absolute Gasteiger partial charge is 0.454 e. The van der Waals surface area contributed by atoms with Crippen molar-refractivity contribution in [1.29, 1.82) is 0 Å². The van der Waals surface area contributed by atoms with Gasteiger partial charge in [-0.15, -0.1) is 0 Å². The molecule has 3 amide bonds. The van der Waals surface area contributed by atoms with Gasteiger partial charge in [0.25, 0.3) is 0 Å². The number of halogens is 1. The number of anilines is 2. The van der Waals surface area contributed by atoms with Gasteiger partial charge in [0.05, 0.1) is 5.69 Å². The van der Waals surface area contributed by atoms with Gasteiger partial charge in [0.2, 0.25) is 24.5 Å². The van der Waals surface area contributed by atoms with Crippen molar-refractivity contribution in [2.75, 3.05) is 28.5 Å². The van der Waals surface area contributed by atoms with Crippen LogP contribution in [0.4, 0.5) is 15.8 Å². The minimum absolute atomic E-state index is 0.0869. The number of carbonyl (C=O) groups excluding carboxylic acids is 3. The topological polar surface area (TPSA) is 114 Å². The normalized spacial score (nSPS) is 14.1. The third-order valence-corrected chi connectivity index (χ3v) is 6.03. The molecule has 0 fully saturated rings. The number of rotatable bonds is 8. The van der Waals surface area contributed by atoms with Crippen LogP contribution in [0.1, 0.15) is 27.7 Å². The number of nitrogens with one attached hydrogen (secondary N) is 2. The lowest BCUT2D eigenvalue weighted by Crippen LogP contribution is -2.54. The zero-order chi connectivity index (χ0) is 25.8. The van der Waals surface area contributed by atoms with Gasteiger partial charge in [0.15, 0.2) is 11.5 Å². The van der Waals surface area contributed by atoms with Crippen LogP contribution in [0.25, 0.3) is 0 Å². The molecule has 35 heavy (non-hydrogen) atoms. The first-order chi connectivity index (χ1) is 16.4. The maximum absolute atomic E-state index is 14.6. The van der Waals surface area contributed by atoms with Crippen molar-refractivity contribution in [2.24, 2.45) is 0 Å². The first-order valence-electron chi connectivity index (χ1n) is 10.9. The first-order valence-corrected chi connectivity index (χ1v) is 12.4. The molecule has 2 aromatic carbocycles. The summed E-state index contributed by atoms with van der Waals surface area (Å²) in [5.74, 6) is -2.55. The molecule has 0 aliphatic carbocycles. The molecule has 3 rings (SSSR count). The van der Waals surface area contributed by atoms with Crippen molar-refractivity contribution >= 4 is 39.9 Å². The number of ether oxygens (including phenoxy) is 2. The highest BCUT2D eigenvalue weighted by Gasteiger charge is 2.32. The molecule has 0 radical (unpaired) electrons. The number of hydrogen-bond acceptors (Lipinski definition) is 6. The Hall–Kier alpha value is -3.47. The number of nitrogens with zero attached hydrogens (tertiary/aromatic N) is 1. The summed E-state index contributed by atoms with van der Waals surface area (Å²) in [5, 5.41) is 5.36. The second-order valence-corrected chi connectivity index (χ2v) is 10.4. The lowest BCUT2D eigenvalue weighted by Gasteiger charge is -2.31. The molecule has 2 N–H and O–H groups in total. The monoisotopic (exact) mass is 505 g/mol. The van der Waals surface area contributed by atoms with E-state index in [4.69, 9.17) is 9.47 Å². The van der Waals surface area contributed by atoms with Crippen molar-refractivity contribution in [3.63, 3.8) is 0 Å². The number of carbonyl (C=O) groups is 3. The Morgan fingerprint density at radius 1 is 1.09 bits per heavy atom. The maximum Gasteiger partial charge on any atom is 0.243 e. The average molecular weight is 506 g/mol. The summed E-state index contributed by atoms with van der Waals surface area (Å²) in [7, 11) is -1.92. The van der Waals surface area contributed by atoms with E-state index in [9.17, 15) is 23.0 Å². The van der Waals surface area contributed by atoms with Crippen molar-refractivity contribution in [2.45, 2.75) is 39.3 Å². The SMILES string of the molecule is C[C@@H](C(=O)NC(C)(C)C)N(C(=O)C[S@](=O)CC(=O)Nc1ccc2c(c1)OCO2)c1ccccc1F. The van der Waals surface area contributed by atoms with Crippen LogP contribution in [0.3, 0.4) is 0 Å². The van der Waals surface area contributed by atoms with Gasteiger partial charge in [0, 0.05) is 28.1 Å². The van der Waals surface area contributed by atoms with Gasteiger partial charge in [-0.1, -0.05) is 12.1 Å². The number of hydrogen-bond donors (Lipinski definition) is 2. The Bertz CT molecular complexity index is 1150. The van der Waals surface area contributed by atoms with E-state index >= 15 is 0 Å². The minimum Gasteiger partial charge on any atom is -0.454 e. The van der Waals surface area contributed by atoms with Crippen LogP contribution in [0.2, 0.25) is 0 Å². The van der Waals surface area contributed by atoms with Gasteiger partial charge >= 0.3 is 0 Å². The highest BCUT2D eigenvalue weighted by atomic mass is 32.2. The molecule has 0 spiro atoms. The highest BCUT2D eigenvalue weighted by Crippen LogP contribution is 2.34. The van der Waals surface area contributed by atoms with E-state index in [0.29, 0.717) is 17.2 Å². The van der Waals surface area contributed by atoms with E-state index < -0.39 is 57.4 Å². The third kappa shape index (κ3) is 7.01. The maximum atomic E-state index is 14.6. The Labute approximate surface area is 205 Å². The summed E-state index contributed by atoms with van der Waals surface area (Å²) in [4.78, 5) is 39.2. The summed E-state index contributed by atoms with van der Waals surface area (Å²) in [6, 6.07) is 9.25. The van der Waals surface area contributed by atoms with E-state index in [1.165, 1.54) is 31.2 Å². The highest BCUT2D eigenvalue weighted by molar-refractivity contribution is 7.86. The Balaban J connectivity index is 1.69. The van der Waals surface area contributed by atoms with Crippen LogP contribution in [-0.4, -0.2) is 51.8 Å². The van der Waals surface area contributed by atoms with Gasteiger partial charge in [-0.3, -0.25) is 23.5 Å². The van der Waals surface area contributed by atoms with Gasteiger partial charge in [-0.2, -0.15) is 0 Å². The summed E-state index contributed by atoms with van der Waals surface area (Å²) < 4.78 is 37.7. The van der Waals surface area contributed by atoms with E-state index in [1.54, 1.807) is 39.0 Å². The number of fused-ring (bicyclic) bond motifs is 1. The Morgan fingerprint density at radius 3 is 2.46 bits per heavy atom. The molecule has 0 saturated heterocycles. The molecule has 0 unspecified atom stereocenters. The third-order valence-electron chi connectivity index (χ3n) is 4.88. The molecule has 9 nitrogen and oxygen atoms in total. The molecular formula is C24H28FN3O6S.